The molecule has 0 radical (unpaired) electrons. The van der Waals surface area contributed by atoms with E-state index in [1.807, 2.05) is 13.8 Å². The Balaban J connectivity index is 3.94. The molecule has 6 nitrogen and oxygen atoms in total. The van der Waals surface area contributed by atoms with E-state index in [4.69, 9.17) is 18.9 Å². The van der Waals surface area contributed by atoms with Gasteiger partial charge in [0.05, 0.1) is 13.2 Å². The zero-order chi connectivity index (χ0) is 14.5. The molecule has 19 heavy (non-hydrogen) atoms. The fourth-order valence-electron chi connectivity index (χ4n) is 1.32. The van der Waals surface area contributed by atoms with Gasteiger partial charge in [0.1, 0.15) is 13.2 Å². The normalized spacial score (nSPS) is 10.5. The molecule has 0 fully saturated rings. The molecule has 0 aromatic rings. The molecule has 0 rings (SSSR count). The lowest BCUT2D eigenvalue weighted by Crippen LogP contribution is -2.29. The summed E-state index contributed by atoms with van der Waals surface area (Å²) in [6, 6.07) is 0. The summed E-state index contributed by atoms with van der Waals surface area (Å²) in [6.07, 6.45) is 0.348. The van der Waals surface area contributed by atoms with Crippen LogP contribution >= 0.6 is 0 Å². The van der Waals surface area contributed by atoms with Gasteiger partial charge in [0.25, 0.3) is 0 Å². The van der Waals surface area contributed by atoms with E-state index in [0.29, 0.717) is 32.8 Å². The van der Waals surface area contributed by atoms with Gasteiger partial charge in [0.15, 0.2) is 5.92 Å². The zero-order valence-electron chi connectivity index (χ0n) is 12.0. The lowest BCUT2D eigenvalue weighted by atomic mass is 10.1. The van der Waals surface area contributed by atoms with Crippen molar-refractivity contribution in [2.24, 2.45) is 5.92 Å². The molecule has 0 saturated heterocycles. The van der Waals surface area contributed by atoms with Crippen LogP contribution in [0.15, 0.2) is 0 Å². The number of carbonyl (C=O) groups excluding carboxylic acids is 2. The average Bonchev–Trinajstić information content (AvgIpc) is 2.40. The second kappa shape index (κ2) is 11.9. The van der Waals surface area contributed by atoms with E-state index < -0.39 is 17.9 Å². The van der Waals surface area contributed by atoms with Crippen molar-refractivity contribution in [1.29, 1.82) is 0 Å². The molecular weight excluding hydrogens is 252 g/mol. The summed E-state index contributed by atoms with van der Waals surface area (Å²) in [5.41, 5.74) is 0. The van der Waals surface area contributed by atoms with E-state index in [-0.39, 0.29) is 13.2 Å². The van der Waals surface area contributed by atoms with Gasteiger partial charge in [0.2, 0.25) is 0 Å². The Bertz CT molecular complexity index is 230. The Labute approximate surface area is 114 Å². The highest BCUT2D eigenvalue weighted by Crippen LogP contribution is 2.08. The van der Waals surface area contributed by atoms with Crippen LogP contribution < -0.4 is 0 Å². The van der Waals surface area contributed by atoms with Crippen LogP contribution in [-0.2, 0) is 28.5 Å². The highest BCUT2D eigenvalue weighted by atomic mass is 16.6. The van der Waals surface area contributed by atoms with E-state index >= 15 is 0 Å². The molecule has 0 bridgehead atoms. The minimum atomic E-state index is -0.872. The van der Waals surface area contributed by atoms with Crippen molar-refractivity contribution >= 4 is 11.9 Å². The van der Waals surface area contributed by atoms with Gasteiger partial charge in [-0.25, -0.2) is 0 Å². The fraction of sp³-hybridized carbons (Fsp3) is 0.846. The molecule has 0 amide bonds. The molecule has 0 aliphatic heterocycles. The predicted octanol–water partition coefficient (Wildman–Crippen LogP) is 1.17. The molecule has 6 heteroatoms. The number of rotatable bonds is 11. The number of carbonyl (C=O) groups is 2. The molecule has 0 aromatic carbocycles. The first-order valence-corrected chi connectivity index (χ1v) is 6.66. The van der Waals surface area contributed by atoms with Crippen molar-refractivity contribution < 1.29 is 28.5 Å². The van der Waals surface area contributed by atoms with Gasteiger partial charge < -0.3 is 18.9 Å². The highest BCUT2D eigenvalue weighted by molar-refractivity contribution is 5.94. The van der Waals surface area contributed by atoms with Crippen molar-refractivity contribution in [3.63, 3.8) is 0 Å². The third-order valence-corrected chi connectivity index (χ3v) is 2.33. The molecule has 0 heterocycles. The maximum atomic E-state index is 11.7. The Morgan fingerprint density at radius 2 is 1.21 bits per heavy atom. The Morgan fingerprint density at radius 3 is 1.53 bits per heavy atom. The van der Waals surface area contributed by atoms with Crippen molar-refractivity contribution in [3.8, 4) is 0 Å². The van der Waals surface area contributed by atoms with Crippen LogP contribution in [0.4, 0.5) is 0 Å². The Morgan fingerprint density at radius 1 is 0.789 bits per heavy atom. The van der Waals surface area contributed by atoms with Crippen LogP contribution in [0.1, 0.15) is 27.2 Å². The summed E-state index contributed by atoms with van der Waals surface area (Å²) in [5, 5.41) is 0. The predicted molar refractivity (Wildman–Crippen MR) is 68.7 cm³/mol. The molecule has 0 aliphatic rings. The van der Waals surface area contributed by atoms with Crippen molar-refractivity contribution in [1.82, 2.24) is 0 Å². The van der Waals surface area contributed by atoms with Crippen LogP contribution in [0.25, 0.3) is 0 Å². The molecule has 0 N–H and O–H groups in total. The van der Waals surface area contributed by atoms with E-state index in [1.54, 1.807) is 6.92 Å². The fourth-order valence-corrected chi connectivity index (χ4v) is 1.32. The maximum absolute atomic E-state index is 11.7. The van der Waals surface area contributed by atoms with Gasteiger partial charge in [0, 0.05) is 13.2 Å². The first-order chi connectivity index (χ1) is 9.17. The van der Waals surface area contributed by atoms with E-state index in [0.717, 1.165) is 0 Å². The monoisotopic (exact) mass is 276 g/mol. The zero-order valence-corrected chi connectivity index (χ0v) is 12.0. The second-order valence-corrected chi connectivity index (χ2v) is 3.69. The van der Waals surface area contributed by atoms with Gasteiger partial charge in [-0.15, -0.1) is 0 Å². The standard InChI is InChI=1S/C13H24O6/c1-4-11(12(14)18-9-7-16-5-2)13(15)19-10-8-17-6-3/h11H,4-10H2,1-3H3. The van der Waals surface area contributed by atoms with Gasteiger partial charge in [-0.05, 0) is 20.3 Å². The SMILES string of the molecule is CCOCCOC(=O)C(CC)C(=O)OCCOCC. The Kier molecular flexibility index (Phi) is 11.2. The molecule has 0 aliphatic carbocycles. The average molecular weight is 276 g/mol. The van der Waals surface area contributed by atoms with Gasteiger partial charge in [-0.1, -0.05) is 6.92 Å². The topological polar surface area (TPSA) is 71.1 Å². The smallest absolute Gasteiger partial charge is 0.320 e. The van der Waals surface area contributed by atoms with Crippen molar-refractivity contribution in [2.75, 3.05) is 39.6 Å². The lowest BCUT2D eigenvalue weighted by molar-refractivity contribution is -0.163. The number of esters is 2. The minimum absolute atomic E-state index is 0.148. The van der Waals surface area contributed by atoms with Crippen LogP contribution in [0, 0.1) is 5.92 Å². The van der Waals surface area contributed by atoms with E-state index in [1.165, 1.54) is 0 Å². The molecular formula is C13H24O6. The van der Waals surface area contributed by atoms with Crippen LogP contribution in [-0.4, -0.2) is 51.6 Å². The van der Waals surface area contributed by atoms with E-state index in [9.17, 15) is 9.59 Å². The second-order valence-electron chi connectivity index (χ2n) is 3.69. The molecule has 0 unspecified atom stereocenters. The maximum Gasteiger partial charge on any atom is 0.320 e. The van der Waals surface area contributed by atoms with Crippen molar-refractivity contribution in [3.05, 3.63) is 0 Å². The number of hydrogen-bond donors (Lipinski definition) is 0. The quantitative estimate of drug-likeness (QED) is 0.320. The summed E-state index contributed by atoms with van der Waals surface area (Å²) in [6.45, 7) is 7.53. The molecule has 0 saturated carbocycles. The minimum Gasteiger partial charge on any atom is -0.463 e. The largest absolute Gasteiger partial charge is 0.463 e. The van der Waals surface area contributed by atoms with Gasteiger partial charge >= 0.3 is 11.9 Å². The molecule has 112 valence electrons. The molecule has 0 atom stereocenters. The Hall–Kier alpha value is -1.14. The van der Waals surface area contributed by atoms with Gasteiger partial charge in [-0.3, -0.25) is 9.59 Å². The summed E-state index contributed by atoms with van der Waals surface area (Å²) in [5.74, 6) is -2.00. The summed E-state index contributed by atoms with van der Waals surface area (Å²) in [7, 11) is 0. The first-order valence-electron chi connectivity index (χ1n) is 6.66. The van der Waals surface area contributed by atoms with Crippen LogP contribution in [0.3, 0.4) is 0 Å². The van der Waals surface area contributed by atoms with Crippen LogP contribution in [0.5, 0.6) is 0 Å². The molecule has 0 spiro atoms. The first kappa shape index (κ1) is 17.9. The van der Waals surface area contributed by atoms with Gasteiger partial charge in [-0.2, -0.15) is 0 Å². The van der Waals surface area contributed by atoms with Crippen LogP contribution in [0.2, 0.25) is 0 Å². The summed E-state index contributed by atoms with van der Waals surface area (Å²) >= 11 is 0. The lowest BCUT2D eigenvalue weighted by Gasteiger charge is -2.13. The van der Waals surface area contributed by atoms with Crippen molar-refractivity contribution in [2.45, 2.75) is 27.2 Å². The third kappa shape index (κ3) is 8.56. The number of hydrogen-bond acceptors (Lipinski definition) is 6. The summed E-state index contributed by atoms with van der Waals surface area (Å²) in [4.78, 5) is 23.3. The summed E-state index contributed by atoms with van der Waals surface area (Å²) < 4.78 is 20.0. The third-order valence-electron chi connectivity index (χ3n) is 2.33. The van der Waals surface area contributed by atoms with E-state index in [2.05, 4.69) is 0 Å². The number of ether oxygens (including phenoxy) is 4. The highest BCUT2D eigenvalue weighted by Gasteiger charge is 2.27. The molecule has 0 aromatic heterocycles.